The lowest BCUT2D eigenvalue weighted by Crippen LogP contribution is -2.46. The molecule has 2 atom stereocenters. The normalized spacial score (nSPS) is 30.5. The quantitative estimate of drug-likeness (QED) is 0.714. The molecule has 1 fully saturated rings. The van der Waals surface area contributed by atoms with Crippen LogP contribution in [0, 0.1) is 11.8 Å². The van der Waals surface area contributed by atoms with Crippen molar-refractivity contribution in [3.63, 3.8) is 0 Å². The molecule has 1 aliphatic carbocycles. The molecule has 0 aromatic heterocycles. The van der Waals surface area contributed by atoms with Gasteiger partial charge in [-0.3, -0.25) is 4.90 Å². The zero-order valence-electron chi connectivity index (χ0n) is 11.5. The molecular formula is C14H21F3N2. The molecule has 0 N–H and O–H groups in total. The van der Waals surface area contributed by atoms with Crippen molar-refractivity contribution in [1.82, 2.24) is 9.80 Å². The summed E-state index contributed by atoms with van der Waals surface area (Å²) in [5, 5.41) is 0. The minimum Gasteiger partial charge on any atom is -0.304 e. The summed E-state index contributed by atoms with van der Waals surface area (Å²) >= 11 is 0. The van der Waals surface area contributed by atoms with E-state index in [0.717, 1.165) is 26.2 Å². The van der Waals surface area contributed by atoms with Crippen molar-refractivity contribution >= 4 is 0 Å². The monoisotopic (exact) mass is 274 g/mol. The van der Waals surface area contributed by atoms with Gasteiger partial charge in [-0.15, -0.1) is 0 Å². The molecule has 1 heterocycles. The first kappa shape index (κ1) is 14.6. The molecule has 1 aliphatic heterocycles. The number of hydrogen-bond acceptors (Lipinski definition) is 2. The first-order chi connectivity index (χ1) is 8.86. The minimum absolute atomic E-state index is 0.125. The number of alkyl halides is 3. The maximum absolute atomic E-state index is 13.1. The Balaban J connectivity index is 2.02. The average Bonchev–Trinajstić information content (AvgIpc) is 2.33. The van der Waals surface area contributed by atoms with E-state index < -0.39 is 12.1 Å². The lowest BCUT2D eigenvalue weighted by molar-refractivity contribution is -0.0990. The van der Waals surface area contributed by atoms with E-state index in [2.05, 4.69) is 9.80 Å². The van der Waals surface area contributed by atoms with Crippen LogP contribution in [0.1, 0.15) is 6.92 Å². The lowest BCUT2D eigenvalue weighted by Gasteiger charge is -2.35. The number of allylic oxidation sites excluding steroid dienone is 2. The third-order valence-electron chi connectivity index (χ3n) is 3.87. The Bertz CT molecular complexity index is 365. The molecule has 0 aromatic carbocycles. The highest BCUT2D eigenvalue weighted by molar-refractivity contribution is 5.26. The van der Waals surface area contributed by atoms with Gasteiger partial charge in [0.15, 0.2) is 0 Å². The van der Waals surface area contributed by atoms with Crippen LogP contribution in [0.2, 0.25) is 0 Å². The van der Waals surface area contributed by atoms with Gasteiger partial charge in [-0.05, 0) is 13.0 Å². The molecule has 2 aliphatic rings. The summed E-state index contributed by atoms with van der Waals surface area (Å²) in [5.74, 6) is -0.639. The van der Waals surface area contributed by atoms with Gasteiger partial charge in [-0.25, -0.2) is 0 Å². The van der Waals surface area contributed by atoms with E-state index in [0.29, 0.717) is 6.54 Å². The molecular weight excluding hydrogens is 253 g/mol. The van der Waals surface area contributed by atoms with E-state index in [9.17, 15) is 13.2 Å². The van der Waals surface area contributed by atoms with E-state index in [4.69, 9.17) is 0 Å². The summed E-state index contributed by atoms with van der Waals surface area (Å²) in [4.78, 5) is 4.33. The SMILES string of the molecule is C[C@H]1C=C[C@@H](CN2CCN(C)CC2)C(C(F)(F)F)=C1. The van der Waals surface area contributed by atoms with Crippen LogP contribution in [0.4, 0.5) is 13.2 Å². The zero-order valence-corrected chi connectivity index (χ0v) is 11.5. The molecule has 0 amide bonds. The van der Waals surface area contributed by atoms with Gasteiger partial charge in [-0.2, -0.15) is 13.2 Å². The van der Waals surface area contributed by atoms with Crippen LogP contribution < -0.4 is 0 Å². The molecule has 19 heavy (non-hydrogen) atoms. The molecule has 0 spiro atoms. The van der Waals surface area contributed by atoms with Crippen molar-refractivity contribution in [3.05, 3.63) is 23.8 Å². The molecule has 2 rings (SSSR count). The third-order valence-corrected chi connectivity index (χ3v) is 3.87. The fraction of sp³-hybridized carbons (Fsp3) is 0.714. The van der Waals surface area contributed by atoms with Gasteiger partial charge < -0.3 is 4.90 Å². The third kappa shape index (κ3) is 3.83. The van der Waals surface area contributed by atoms with E-state index in [1.54, 1.807) is 13.0 Å². The predicted molar refractivity (Wildman–Crippen MR) is 69.9 cm³/mol. The maximum atomic E-state index is 13.1. The van der Waals surface area contributed by atoms with Gasteiger partial charge in [0.2, 0.25) is 0 Å². The van der Waals surface area contributed by atoms with Crippen LogP contribution in [-0.4, -0.2) is 55.7 Å². The number of hydrogen-bond donors (Lipinski definition) is 0. The van der Waals surface area contributed by atoms with Crippen molar-refractivity contribution in [2.24, 2.45) is 11.8 Å². The number of halogens is 3. The van der Waals surface area contributed by atoms with Crippen molar-refractivity contribution in [2.45, 2.75) is 13.1 Å². The predicted octanol–water partition coefficient (Wildman–Crippen LogP) is 2.54. The van der Waals surface area contributed by atoms with Crippen LogP contribution in [-0.2, 0) is 0 Å². The molecule has 2 nitrogen and oxygen atoms in total. The summed E-state index contributed by atoms with van der Waals surface area (Å²) in [6.07, 6.45) is 0.749. The molecule has 0 unspecified atom stereocenters. The van der Waals surface area contributed by atoms with E-state index in [-0.39, 0.29) is 11.5 Å². The summed E-state index contributed by atoms with van der Waals surface area (Å²) < 4.78 is 39.2. The standard InChI is InChI=1S/C14H21F3N2/c1-11-3-4-12(13(9-11)14(15,16)17)10-19-7-5-18(2)6-8-19/h3-4,9,11-12H,5-8,10H2,1-2H3/t11-,12-/m0/s1. The topological polar surface area (TPSA) is 6.48 Å². The van der Waals surface area contributed by atoms with Gasteiger partial charge in [0.1, 0.15) is 0 Å². The minimum atomic E-state index is -4.21. The van der Waals surface area contributed by atoms with Gasteiger partial charge in [0.05, 0.1) is 0 Å². The second-order valence-corrected chi connectivity index (χ2v) is 5.57. The molecule has 108 valence electrons. The summed E-state index contributed by atoms with van der Waals surface area (Å²) in [6.45, 7) is 5.82. The van der Waals surface area contributed by atoms with Crippen LogP contribution in [0.5, 0.6) is 0 Å². The molecule has 0 radical (unpaired) electrons. The van der Waals surface area contributed by atoms with E-state index >= 15 is 0 Å². The highest BCUT2D eigenvalue weighted by atomic mass is 19.4. The molecule has 5 heteroatoms. The van der Waals surface area contributed by atoms with Gasteiger partial charge in [-0.1, -0.05) is 25.2 Å². The zero-order chi connectivity index (χ0) is 14.0. The molecule has 0 bridgehead atoms. The van der Waals surface area contributed by atoms with E-state index in [1.165, 1.54) is 6.08 Å². The van der Waals surface area contributed by atoms with Gasteiger partial charge in [0.25, 0.3) is 0 Å². The first-order valence-corrected chi connectivity index (χ1v) is 6.74. The highest BCUT2D eigenvalue weighted by Crippen LogP contribution is 2.36. The Labute approximate surface area is 112 Å². The molecule has 1 saturated heterocycles. The fourth-order valence-corrected chi connectivity index (χ4v) is 2.65. The van der Waals surface area contributed by atoms with Crippen LogP contribution in [0.3, 0.4) is 0 Å². The van der Waals surface area contributed by atoms with Crippen molar-refractivity contribution in [2.75, 3.05) is 39.8 Å². The number of piperazine rings is 1. The van der Waals surface area contributed by atoms with Crippen molar-refractivity contribution in [1.29, 1.82) is 0 Å². The molecule has 0 aromatic rings. The maximum Gasteiger partial charge on any atom is 0.413 e. The Kier molecular flexibility index (Phi) is 4.36. The fourth-order valence-electron chi connectivity index (χ4n) is 2.65. The Morgan fingerprint density at radius 2 is 1.79 bits per heavy atom. The second kappa shape index (κ2) is 5.67. The Morgan fingerprint density at radius 1 is 1.16 bits per heavy atom. The smallest absolute Gasteiger partial charge is 0.304 e. The second-order valence-electron chi connectivity index (χ2n) is 5.57. The van der Waals surface area contributed by atoms with Crippen LogP contribution in [0.15, 0.2) is 23.8 Å². The largest absolute Gasteiger partial charge is 0.413 e. The summed E-state index contributed by atoms with van der Waals surface area (Å²) in [5.41, 5.74) is -0.374. The summed E-state index contributed by atoms with van der Waals surface area (Å²) in [7, 11) is 2.04. The van der Waals surface area contributed by atoms with Crippen LogP contribution in [0.25, 0.3) is 0 Å². The van der Waals surface area contributed by atoms with E-state index in [1.807, 2.05) is 13.1 Å². The van der Waals surface area contributed by atoms with Gasteiger partial charge >= 0.3 is 6.18 Å². The number of likely N-dealkylation sites (N-methyl/N-ethyl adjacent to an activating group) is 1. The van der Waals surface area contributed by atoms with Crippen molar-refractivity contribution in [3.8, 4) is 0 Å². The first-order valence-electron chi connectivity index (χ1n) is 6.74. The number of rotatable bonds is 2. The number of nitrogens with zero attached hydrogens (tertiary/aromatic N) is 2. The Hall–Kier alpha value is -0.810. The highest BCUT2D eigenvalue weighted by Gasteiger charge is 2.39. The molecule has 0 saturated carbocycles. The van der Waals surface area contributed by atoms with Gasteiger partial charge in [0, 0.05) is 44.2 Å². The lowest BCUT2D eigenvalue weighted by atomic mass is 9.88. The van der Waals surface area contributed by atoms with Crippen molar-refractivity contribution < 1.29 is 13.2 Å². The average molecular weight is 274 g/mol. The summed E-state index contributed by atoms with van der Waals surface area (Å²) in [6, 6.07) is 0. The van der Waals surface area contributed by atoms with Crippen LogP contribution >= 0.6 is 0 Å². The Morgan fingerprint density at radius 3 is 2.37 bits per heavy atom.